The minimum absolute atomic E-state index is 0.0271. The van der Waals surface area contributed by atoms with Crippen LogP contribution in [0.25, 0.3) is 0 Å². The predicted octanol–water partition coefficient (Wildman–Crippen LogP) is 1.99. The Hall–Kier alpha value is -1.55. The number of fused-ring (bicyclic) bond motifs is 1. The molecule has 1 aromatic rings. The van der Waals surface area contributed by atoms with Gasteiger partial charge in [-0.25, -0.2) is 4.79 Å². The van der Waals surface area contributed by atoms with E-state index in [1.54, 1.807) is 0 Å². The summed E-state index contributed by atoms with van der Waals surface area (Å²) in [5, 5.41) is 14.9. The number of carbonyl (C=O) groups excluding carboxylic acids is 1. The maximum absolute atomic E-state index is 11.9. The Labute approximate surface area is 114 Å². The van der Waals surface area contributed by atoms with Crippen LogP contribution in [0.3, 0.4) is 0 Å². The highest BCUT2D eigenvalue weighted by molar-refractivity contribution is 5.75. The van der Waals surface area contributed by atoms with Gasteiger partial charge in [0.15, 0.2) is 0 Å². The lowest BCUT2D eigenvalue weighted by molar-refractivity contribution is 0.209. The van der Waals surface area contributed by atoms with Crippen LogP contribution in [0.2, 0.25) is 0 Å². The molecule has 0 saturated heterocycles. The third kappa shape index (κ3) is 3.07. The minimum Gasteiger partial charge on any atom is -0.394 e. The Morgan fingerprint density at radius 3 is 2.89 bits per heavy atom. The van der Waals surface area contributed by atoms with Crippen molar-refractivity contribution in [2.45, 2.75) is 38.8 Å². The molecule has 0 radical (unpaired) electrons. The number of aliphatic hydroxyl groups excluding tert-OH is 1. The van der Waals surface area contributed by atoms with Gasteiger partial charge in [0, 0.05) is 0 Å². The van der Waals surface area contributed by atoms with E-state index in [2.05, 4.69) is 29.7 Å². The highest BCUT2D eigenvalue weighted by Crippen LogP contribution is 2.35. The van der Waals surface area contributed by atoms with Crippen LogP contribution in [0.5, 0.6) is 0 Å². The van der Waals surface area contributed by atoms with Crippen molar-refractivity contribution in [3.05, 3.63) is 35.4 Å². The maximum Gasteiger partial charge on any atom is 0.315 e. The van der Waals surface area contributed by atoms with E-state index in [1.807, 2.05) is 19.1 Å². The van der Waals surface area contributed by atoms with Crippen molar-refractivity contribution >= 4 is 6.03 Å². The zero-order chi connectivity index (χ0) is 13.8. The van der Waals surface area contributed by atoms with Gasteiger partial charge >= 0.3 is 6.03 Å². The number of rotatable bonds is 4. The molecule has 1 aliphatic carbocycles. The molecule has 0 aromatic heterocycles. The van der Waals surface area contributed by atoms with Crippen molar-refractivity contribution in [3.63, 3.8) is 0 Å². The number of benzene rings is 1. The zero-order valence-corrected chi connectivity index (χ0v) is 11.5. The molecule has 19 heavy (non-hydrogen) atoms. The van der Waals surface area contributed by atoms with Crippen LogP contribution in [0.15, 0.2) is 24.3 Å². The van der Waals surface area contributed by atoms with Gasteiger partial charge in [-0.3, -0.25) is 0 Å². The van der Waals surface area contributed by atoms with E-state index in [4.69, 9.17) is 5.11 Å². The van der Waals surface area contributed by atoms with Gasteiger partial charge in [0.05, 0.1) is 18.7 Å². The van der Waals surface area contributed by atoms with Gasteiger partial charge in [-0.2, -0.15) is 0 Å². The van der Waals surface area contributed by atoms with Crippen LogP contribution in [-0.2, 0) is 6.42 Å². The Morgan fingerprint density at radius 1 is 1.47 bits per heavy atom. The van der Waals surface area contributed by atoms with Crippen LogP contribution in [-0.4, -0.2) is 23.8 Å². The lowest BCUT2D eigenvalue weighted by Gasteiger charge is -2.21. The summed E-state index contributed by atoms with van der Waals surface area (Å²) < 4.78 is 0. The highest BCUT2D eigenvalue weighted by Gasteiger charge is 2.30. The van der Waals surface area contributed by atoms with Crippen molar-refractivity contribution in [1.29, 1.82) is 0 Å². The fraction of sp³-hybridized carbons (Fsp3) is 0.533. The molecular formula is C15H22N2O2. The molecule has 2 amide bonds. The second-order valence-electron chi connectivity index (χ2n) is 5.26. The van der Waals surface area contributed by atoms with E-state index >= 15 is 0 Å². The van der Waals surface area contributed by atoms with Crippen LogP contribution >= 0.6 is 0 Å². The van der Waals surface area contributed by atoms with Crippen LogP contribution < -0.4 is 10.6 Å². The SMILES string of the molecule is CCC(CO)NC(=O)NC1c2ccccc2CC1C. The molecule has 3 unspecified atom stereocenters. The first kappa shape index (κ1) is 13.9. The summed E-state index contributed by atoms with van der Waals surface area (Å²) in [6.45, 7) is 4.06. The number of carbonyl (C=O) groups is 1. The summed E-state index contributed by atoms with van der Waals surface area (Å²) in [6, 6.07) is 7.92. The molecular weight excluding hydrogens is 240 g/mol. The van der Waals surface area contributed by atoms with Gasteiger partial charge < -0.3 is 15.7 Å². The number of hydrogen-bond donors (Lipinski definition) is 3. The van der Waals surface area contributed by atoms with E-state index in [1.165, 1.54) is 11.1 Å². The number of nitrogens with one attached hydrogen (secondary N) is 2. The molecule has 1 aliphatic rings. The van der Waals surface area contributed by atoms with E-state index in [9.17, 15) is 4.79 Å². The fourth-order valence-corrected chi connectivity index (χ4v) is 2.66. The molecule has 3 N–H and O–H groups in total. The summed E-state index contributed by atoms with van der Waals surface area (Å²) in [6.07, 6.45) is 1.72. The zero-order valence-electron chi connectivity index (χ0n) is 11.5. The first-order valence-electron chi connectivity index (χ1n) is 6.91. The first-order valence-corrected chi connectivity index (χ1v) is 6.91. The van der Waals surface area contributed by atoms with Crippen LogP contribution in [0.1, 0.15) is 37.4 Å². The molecule has 1 aromatic carbocycles. The van der Waals surface area contributed by atoms with Crippen molar-refractivity contribution in [3.8, 4) is 0 Å². The molecule has 104 valence electrons. The summed E-state index contributed by atoms with van der Waals surface area (Å²) in [7, 11) is 0. The quantitative estimate of drug-likeness (QED) is 0.777. The molecule has 3 atom stereocenters. The summed E-state index contributed by atoms with van der Waals surface area (Å²) in [5.41, 5.74) is 2.52. The second-order valence-corrected chi connectivity index (χ2v) is 5.26. The van der Waals surface area contributed by atoms with Crippen molar-refractivity contribution in [2.75, 3.05) is 6.61 Å². The molecule has 2 rings (SSSR count). The van der Waals surface area contributed by atoms with Gasteiger partial charge in [0.2, 0.25) is 0 Å². The predicted molar refractivity (Wildman–Crippen MR) is 74.9 cm³/mol. The van der Waals surface area contributed by atoms with Crippen LogP contribution in [0.4, 0.5) is 4.79 Å². The van der Waals surface area contributed by atoms with Crippen molar-refractivity contribution < 1.29 is 9.90 Å². The molecule has 0 heterocycles. The van der Waals surface area contributed by atoms with E-state index in [0.29, 0.717) is 5.92 Å². The third-order valence-corrected chi connectivity index (χ3v) is 3.84. The average molecular weight is 262 g/mol. The largest absolute Gasteiger partial charge is 0.394 e. The van der Waals surface area contributed by atoms with Gasteiger partial charge in [-0.15, -0.1) is 0 Å². The van der Waals surface area contributed by atoms with E-state index in [-0.39, 0.29) is 24.7 Å². The normalized spacial score (nSPS) is 22.7. The fourth-order valence-electron chi connectivity index (χ4n) is 2.66. The Morgan fingerprint density at radius 2 is 2.21 bits per heavy atom. The second kappa shape index (κ2) is 6.06. The molecule has 0 saturated carbocycles. The van der Waals surface area contributed by atoms with Gasteiger partial charge in [0.25, 0.3) is 0 Å². The van der Waals surface area contributed by atoms with E-state index < -0.39 is 0 Å². The monoisotopic (exact) mass is 262 g/mol. The Kier molecular flexibility index (Phi) is 4.43. The first-order chi connectivity index (χ1) is 9.15. The molecule has 0 bridgehead atoms. The highest BCUT2D eigenvalue weighted by atomic mass is 16.3. The molecule has 0 spiro atoms. The van der Waals surface area contributed by atoms with Crippen molar-refractivity contribution in [2.24, 2.45) is 5.92 Å². The smallest absolute Gasteiger partial charge is 0.315 e. The van der Waals surface area contributed by atoms with Crippen LogP contribution in [0, 0.1) is 5.92 Å². The van der Waals surface area contributed by atoms with E-state index in [0.717, 1.165) is 12.8 Å². The number of amides is 2. The summed E-state index contributed by atoms with van der Waals surface area (Å²) in [5.74, 6) is 0.400. The van der Waals surface area contributed by atoms with Gasteiger partial charge in [-0.05, 0) is 29.9 Å². The number of aliphatic hydroxyl groups is 1. The molecule has 4 heteroatoms. The lowest BCUT2D eigenvalue weighted by atomic mass is 10.0. The van der Waals surface area contributed by atoms with Crippen molar-refractivity contribution in [1.82, 2.24) is 10.6 Å². The number of hydrogen-bond acceptors (Lipinski definition) is 2. The van der Waals surface area contributed by atoms with Gasteiger partial charge in [-0.1, -0.05) is 38.1 Å². The maximum atomic E-state index is 11.9. The topological polar surface area (TPSA) is 61.4 Å². The Balaban J connectivity index is 2.01. The lowest BCUT2D eigenvalue weighted by Crippen LogP contribution is -2.45. The number of urea groups is 1. The summed E-state index contributed by atoms with van der Waals surface area (Å²) >= 11 is 0. The summed E-state index contributed by atoms with van der Waals surface area (Å²) in [4.78, 5) is 11.9. The van der Waals surface area contributed by atoms with Gasteiger partial charge in [0.1, 0.15) is 0 Å². The molecule has 0 aliphatic heterocycles. The standard InChI is InChI=1S/C15H22N2O2/c1-3-12(9-18)16-15(19)17-14-10(2)8-11-6-4-5-7-13(11)14/h4-7,10,12,14,18H,3,8-9H2,1-2H3,(H2,16,17,19). The third-order valence-electron chi connectivity index (χ3n) is 3.84. The molecule has 0 fully saturated rings. The minimum atomic E-state index is -0.200. The molecule has 4 nitrogen and oxygen atoms in total. The Bertz CT molecular complexity index is 444. The average Bonchev–Trinajstić information content (AvgIpc) is 2.72.